The summed E-state index contributed by atoms with van der Waals surface area (Å²) < 4.78 is 15.8. The zero-order chi connectivity index (χ0) is 13.3. The van der Waals surface area contributed by atoms with E-state index in [0.717, 1.165) is 45.8 Å². The number of hydrogen-bond donors (Lipinski definition) is 1. The van der Waals surface area contributed by atoms with Crippen molar-refractivity contribution in [2.75, 3.05) is 53.2 Å². The molecule has 0 aromatic carbocycles. The van der Waals surface area contributed by atoms with E-state index >= 15 is 0 Å². The second-order valence-electron chi connectivity index (χ2n) is 4.34. The zero-order valence-electron chi connectivity index (χ0n) is 12.2. The van der Waals surface area contributed by atoms with Gasteiger partial charge in [-0.1, -0.05) is 19.8 Å². The van der Waals surface area contributed by atoms with E-state index in [2.05, 4.69) is 12.2 Å². The van der Waals surface area contributed by atoms with Crippen LogP contribution in [0.5, 0.6) is 0 Å². The summed E-state index contributed by atoms with van der Waals surface area (Å²) in [6, 6.07) is 0. The van der Waals surface area contributed by atoms with Crippen LogP contribution < -0.4 is 5.32 Å². The molecule has 0 aromatic rings. The first-order valence-corrected chi connectivity index (χ1v) is 7.27. The fourth-order valence-corrected chi connectivity index (χ4v) is 1.61. The Bertz CT molecular complexity index is 129. The van der Waals surface area contributed by atoms with Crippen molar-refractivity contribution in [2.45, 2.75) is 39.0 Å². The summed E-state index contributed by atoms with van der Waals surface area (Å²) in [5, 5.41) is 3.33. The normalized spacial score (nSPS) is 11.0. The lowest BCUT2D eigenvalue weighted by molar-refractivity contribution is 0.0387. The van der Waals surface area contributed by atoms with Gasteiger partial charge in [-0.2, -0.15) is 0 Å². The van der Waals surface area contributed by atoms with Crippen LogP contribution in [0.3, 0.4) is 0 Å². The molecule has 0 bridgehead atoms. The van der Waals surface area contributed by atoms with Gasteiger partial charge in [0.2, 0.25) is 0 Å². The van der Waals surface area contributed by atoms with Crippen LogP contribution in [0, 0.1) is 0 Å². The minimum atomic E-state index is 0.699. The molecule has 0 aliphatic rings. The van der Waals surface area contributed by atoms with Crippen LogP contribution in [0.4, 0.5) is 0 Å². The largest absolute Gasteiger partial charge is 0.385 e. The van der Waals surface area contributed by atoms with Gasteiger partial charge in [-0.3, -0.25) is 0 Å². The quantitative estimate of drug-likeness (QED) is 0.459. The third kappa shape index (κ3) is 15.8. The summed E-state index contributed by atoms with van der Waals surface area (Å²) in [5.41, 5.74) is 0. The Kier molecular flexibility index (Phi) is 16.7. The van der Waals surface area contributed by atoms with E-state index in [9.17, 15) is 0 Å². The average Bonchev–Trinajstić information content (AvgIpc) is 2.39. The van der Waals surface area contributed by atoms with Crippen molar-refractivity contribution in [3.05, 3.63) is 0 Å². The van der Waals surface area contributed by atoms with E-state index in [1.165, 1.54) is 19.3 Å². The predicted octanol–water partition coefficient (Wildman–Crippen LogP) is 2.23. The van der Waals surface area contributed by atoms with Gasteiger partial charge >= 0.3 is 0 Å². The van der Waals surface area contributed by atoms with Crippen LogP contribution >= 0.6 is 0 Å². The summed E-state index contributed by atoms with van der Waals surface area (Å²) in [5.74, 6) is 0. The van der Waals surface area contributed by atoms with Gasteiger partial charge in [0.05, 0.1) is 13.2 Å². The molecule has 0 radical (unpaired) electrons. The number of methoxy groups -OCH3 is 1. The monoisotopic (exact) mass is 261 g/mol. The topological polar surface area (TPSA) is 39.7 Å². The number of ether oxygens (including phenoxy) is 3. The number of hydrogen-bond acceptors (Lipinski definition) is 4. The van der Waals surface area contributed by atoms with Crippen molar-refractivity contribution < 1.29 is 14.2 Å². The first-order valence-electron chi connectivity index (χ1n) is 7.27. The summed E-state index contributed by atoms with van der Waals surface area (Å²) in [6.45, 7) is 8.18. The van der Waals surface area contributed by atoms with E-state index in [1.54, 1.807) is 7.11 Å². The Labute approximate surface area is 112 Å². The minimum Gasteiger partial charge on any atom is -0.385 e. The summed E-state index contributed by atoms with van der Waals surface area (Å²) >= 11 is 0. The Morgan fingerprint density at radius 2 is 1.39 bits per heavy atom. The van der Waals surface area contributed by atoms with Crippen molar-refractivity contribution in [1.29, 1.82) is 0 Å². The molecule has 18 heavy (non-hydrogen) atoms. The lowest BCUT2D eigenvalue weighted by Crippen LogP contribution is -2.13. The van der Waals surface area contributed by atoms with Gasteiger partial charge in [-0.25, -0.2) is 0 Å². The highest BCUT2D eigenvalue weighted by atomic mass is 16.5. The molecule has 0 heterocycles. The van der Waals surface area contributed by atoms with Crippen molar-refractivity contribution in [2.24, 2.45) is 0 Å². The average molecular weight is 261 g/mol. The molecule has 0 spiro atoms. The molecule has 0 aliphatic carbocycles. The SMILES string of the molecule is CCNCCCCCCOCCOCCCOC. The second-order valence-corrected chi connectivity index (χ2v) is 4.34. The van der Waals surface area contributed by atoms with Crippen molar-refractivity contribution >= 4 is 0 Å². The molecule has 4 heteroatoms. The predicted molar refractivity (Wildman–Crippen MR) is 75.1 cm³/mol. The Morgan fingerprint density at radius 1 is 0.722 bits per heavy atom. The fourth-order valence-electron chi connectivity index (χ4n) is 1.61. The molecule has 1 N–H and O–H groups in total. The maximum atomic E-state index is 5.50. The Hall–Kier alpha value is -0.160. The zero-order valence-corrected chi connectivity index (χ0v) is 12.2. The maximum absolute atomic E-state index is 5.50. The Morgan fingerprint density at radius 3 is 2.06 bits per heavy atom. The molecule has 0 saturated carbocycles. The fraction of sp³-hybridized carbons (Fsp3) is 1.00. The van der Waals surface area contributed by atoms with E-state index in [4.69, 9.17) is 14.2 Å². The molecule has 0 unspecified atom stereocenters. The van der Waals surface area contributed by atoms with E-state index in [0.29, 0.717) is 13.2 Å². The first kappa shape index (κ1) is 17.8. The number of rotatable bonds is 15. The van der Waals surface area contributed by atoms with Crippen LogP contribution in [-0.2, 0) is 14.2 Å². The standard InChI is InChI=1S/C14H31NO3/c1-3-15-9-6-4-5-7-11-17-13-14-18-12-8-10-16-2/h15H,3-14H2,1-2H3. The van der Waals surface area contributed by atoms with Gasteiger partial charge in [0, 0.05) is 26.9 Å². The highest BCUT2D eigenvalue weighted by Crippen LogP contribution is 1.99. The molecule has 0 aliphatic heterocycles. The molecule has 4 nitrogen and oxygen atoms in total. The van der Waals surface area contributed by atoms with Gasteiger partial charge < -0.3 is 19.5 Å². The van der Waals surface area contributed by atoms with Crippen LogP contribution in [0.25, 0.3) is 0 Å². The molecule has 110 valence electrons. The van der Waals surface area contributed by atoms with Crippen LogP contribution in [0.2, 0.25) is 0 Å². The molecular formula is C14H31NO3. The van der Waals surface area contributed by atoms with Gasteiger partial charge in [-0.15, -0.1) is 0 Å². The lowest BCUT2D eigenvalue weighted by atomic mass is 10.2. The maximum Gasteiger partial charge on any atom is 0.0700 e. The highest BCUT2D eigenvalue weighted by Gasteiger charge is 1.92. The van der Waals surface area contributed by atoms with E-state index in [1.807, 2.05) is 0 Å². The summed E-state index contributed by atoms with van der Waals surface area (Å²) in [6.07, 6.45) is 5.96. The third-order valence-corrected chi connectivity index (χ3v) is 2.65. The third-order valence-electron chi connectivity index (χ3n) is 2.65. The number of nitrogens with one attached hydrogen (secondary N) is 1. The van der Waals surface area contributed by atoms with Crippen LogP contribution in [0.15, 0.2) is 0 Å². The van der Waals surface area contributed by atoms with E-state index in [-0.39, 0.29) is 0 Å². The van der Waals surface area contributed by atoms with Crippen LogP contribution in [-0.4, -0.2) is 53.2 Å². The molecule has 0 aromatic heterocycles. The summed E-state index contributed by atoms with van der Waals surface area (Å²) in [4.78, 5) is 0. The van der Waals surface area contributed by atoms with Crippen LogP contribution in [0.1, 0.15) is 39.0 Å². The van der Waals surface area contributed by atoms with Gasteiger partial charge in [0.15, 0.2) is 0 Å². The molecule has 0 fully saturated rings. The molecule has 0 saturated heterocycles. The van der Waals surface area contributed by atoms with Crippen molar-refractivity contribution in [3.63, 3.8) is 0 Å². The second kappa shape index (κ2) is 16.8. The van der Waals surface area contributed by atoms with Gasteiger partial charge in [0.1, 0.15) is 0 Å². The van der Waals surface area contributed by atoms with Crippen molar-refractivity contribution in [1.82, 2.24) is 5.32 Å². The smallest absolute Gasteiger partial charge is 0.0700 e. The highest BCUT2D eigenvalue weighted by molar-refractivity contribution is 4.46. The van der Waals surface area contributed by atoms with E-state index < -0.39 is 0 Å². The molecule has 0 atom stereocenters. The Balaban J connectivity index is 2.86. The number of unbranched alkanes of at least 4 members (excludes halogenated alkanes) is 3. The van der Waals surface area contributed by atoms with Gasteiger partial charge in [0.25, 0.3) is 0 Å². The molecule has 0 amide bonds. The van der Waals surface area contributed by atoms with Crippen molar-refractivity contribution in [3.8, 4) is 0 Å². The van der Waals surface area contributed by atoms with Gasteiger partial charge in [-0.05, 0) is 32.4 Å². The molecular weight excluding hydrogens is 230 g/mol. The molecule has 0 rings (SSSR count). The summed E-state index contributed by atoms with van der Waals surface area (Å²) in [7, 11) is 1.71. The lowest BCUT2D eigenvalue weighted by Gasteiger charge is -2.06. The minimum absolute atomic E-state index is 0.699. The first-order chi connectivity index (χ1) is 8.91.